The maximum absolute atomic E-state index is 12.5. The number of nitrogens with one attached hydrogen (secondary N) is 1. The largest absolute Gasteiger partial charge is 0.398 e. The molecule has 112 valence electrons. The van der Waals surface area contributed by atoms with Gasteiger partial charge in [0, 0.05) is 5.69 Å². The van der Waals surface area contributed by atoms with Gasteiger partial charge in [-0.2, -0.15) is 0 Å². The molecule has 0 saturated carbocycles. The maximum atomic E-state index is 12.5. The molecule has 4 heteroatoms. The number of anilines is 1. The summed E-state index contributed by atoms with van der Waals surface area (Å²) in [5.74, 6) is -0.287. The fourth-order valence-corrected chi connectivity index (χ4v) is 1.96. The Kier molecular flexibility index (Phi) is 3.68. The number of carbonyl (C=O) groups is 1. The van der Waals surface area contributed by atoms with E-state index in [4.69, 9.17) is 5.73 Å². The minimum absolute atomic E-state index is 0.287. The summed E-state index contributed by atoms with van der Waals surface area (Å²) in [4.78, 5) is 12.5. The van der Waals surface area contributed by atoms with E-state index in [1.807, 2.05) is 24.3 Å². The Hall–Kier alpha value is -2.07. The number of hydrogen-bond acceptors (Lipinski definition) is 3. The van der Waals surface area contributed by atoms with Crippen LogP contribution in [0.15, 0.2) is 36.4 Å². The zero-order valence-electron chi connectivity index (χ0n) is 12.9. The highest BCUT2D eigenvalue weighted by atomic mass is 16.3. The van der Waals surface area contributed by atoms with E-state index in [0.29, 0.717) is 11.3 Å². The molecule has 1 amide bonds. The Balaban J connectivity index is 2.38. The number of aliphatic hydroxyl groups is 1. The molecule has 0 atom stereocenters. The molecule has 0 aromatic heterocycles. The second-order valence-corrected chi connectivity index (χ2v) is 6.42. The van der Waals surface area contributed by atoms with Gasteiger partial charge in [0.2, 0.25) is 0 Å². The summed E-state index contributed by atoms with van der Waals surface area (Å²) in [6, 6.07) is 11.3. The molecule has 2 aromatic rings. The van der Waals surface area contributed by atoms with Crippen LogP contribution >= 0.6 is 0 Å². The summed E-state index contributed by atoms with van der Waals surface area (Å²) in [7, 11) is 0. The number of nitrogens with two attached hydrogens (primary N) is 1. The number of rotatable bonds is 3. The molecule has 0 radical (unpaired) electrons. The van der Waals surface area contributed by atoms with Crippen LogP contribution < -0.4 is 11.1 Å². The third kappa shape index (κ3) is 3.00. The SMILES string of the molecule is CC(C)(O)C(C)(C)NC(=O)c1cc2ccccc2cc1N. The lowest BCUT2D eigenvalue weighted by atomic mass is 9.85. The zero-order chi connectivity index (χ0) is 15.8. The molecule has 21 heavy (non-hydrogen) atoms. The first kappa shape index (κ1) is 15.3. The molecule has 0 spiro atoms. The predicted molar refractivity (Wildman–Crippen MR) is 86.2 cm³/mol. The monoisotopic (exact) mass is 286 g/mol. The van der Waals surface area contributed by atoms with Crippen molar-refractivity contribution in [1.29, 1.82) is 0 Å². The highest BCUT2D eigenvalue weighted by Crippen LogP contribution is 2.25. The van der Waals surface area contributed by atoms with E-state index in [1.54, 1.807) is 39.8 Å². The van der Waals surface area contributed by atoms with Crippen molar-refractivity contribution < 1.29 is 9.90 Å². The number of hydrogen-bond donors (Lipinski definition) is 3. The van der Waals surface area contributed by atoms with E-state index in [1.165, 1.54) is 0 Å². The van der Waals surface area contributed by atoms with Gasteiger partial charge in [0.1, 0.15) is 0 Å². The second-order valence-electron chi connectivity index (χ2n) is 6.42. The van der Waals surface area contributed by atoms with Gasteiger partial charge in [0.05, 0.1) is 16.7 Å². The fourth-order valence-electron chi connectivity index (χ4n) is 1.96. The summed E-state index contributed by atoms with van der Waals surface area (Å²) < 4.78 is 0. The van der Waals surface area contributed by atoms with Crippen LogP contribution in [0, 0.1) is 0 Å². The molecule has 0 heterocycles. The molecular weight excluding hydrogens is 264 g/mol. The topological polar surface area (TPSA) is 75.3 Å². The van der Waals surface area contributed by atoms with E-state index in [2.05, 4.69) is 5.32 Å². The average Bonchev–Trinajstić information content (AvgIpc) is 2.35. The third-order valence-corrected chi connectivity index (χ3v) is 4.12. The van der Waals surface area contributed by atoms with Crippen LogP contribution in [0.3, 0.4) is 0 Å². The summed E-state index contributed by atoms with van der Waals surface area (Å²) in [5.41, 5.74) is 5.02. The van der Waals surface area contributed by atoms with E-state index >= 15 is 0 Å². The summed E-state index contributed by atoms with van der Waals surface area (Å²) in [6.07, 6.45) is 0. The van der Waals surface area contributed by atoms with Gasteiger partial charge in [-0.05, 0) is 50.6 Å². The molecule has 2 rings (SSSR count). The highest BCUT2D eigenvalue weighted by Gasteiger charge is 2.36. The number of benzene rings is 2. The van der Waals surface area contributed by atoms with E-state index < -0.39 is 11.1 Å². The van der Waals surface area contributed by atoms with Gasteiger partial charge in [-0.25, -0.2) is 0 Å². The molecule has 0 aliphatic carbocycles. The molecule has 4 N–H and O–H groups in total. The quantitative estimate of drug-likeness (QED) is 0.759. The van der Waals surface area contributed by atoms with E-state index in [0.717, 1.165) is 10.8 Å². The first-order valence-electron chi connectivity index (χ1n) is 6.95. The van der Waals surface area contributed by atoms with Crippen LogP contribution in [-0.4, -0.2) is 22.2 Å². The van der Waals surface area contributed by atoms with Gasteiger partial charge in [-0.15, -0.1) is 0 Å². The summed E-state index contributed by atoms with van der Waals surface area (Å²) >= 11 is 0. The molecule has 0 fully saturated rings. The predicted octanol–water partition coefficient (Wildman–Crippen LogP) is 2.70. The summed E-state index contributed by atoms with van der Waals surface area (Å²) in [6.45, 7) is 6.89. The third-order valence-electron chi connectivity index (χ3n) is 4.12. The highest BCUT2D eigenvalue weighted by molar-refractivity contribution is 6.04. The van der Waals surface area contributed by atoms with Gasteiger partial charge in [-0.1, -0.05) is 24.3 Å². The molecule has 0 unspecified atom stereocenters. The molecule has 0 bridgehead atoms. The van der Waals surface area contributed by atoms with Gasteiger partial charge in [-0.3, -0.25) is 4.79 Å². The van der Waals surface area contributed by atoms with Crippen molar-refractivity contribution in [3.63, 3.8) is 0 Å². The van der Waals surface area contributed by atoms with Crippen LogP contribution in [0.4, 0.5) is 5.69 Å². The van der Waals surface area contributed by atoms with Crippen LogP contribution in [-0.2, 0) is 0 Å². The fraction of sp³-hybridized carbons (Fsp3) is 0.353. The Morgan fingerprint density at radius 3 is 2.14 bits per heavy atom. The average molecular weight is 286 g/mol. The van der Waals surface area contributed by atoms with Crippen LogP contribution in [0.5, 0.6) is 0 Å². The van der Waals surface area contributed by atoms with Crippen molar-refractivity contribution >= 4 is 22.4 Å². The van der Waals surface area contributed by atoms with Crippen LogP contribution in [0.2, 0.25) is 0 Å². The molecule has 2 aromatic carbocycles. The molecular formula is C17H22N2O2. The maximum Gasteiger partial charge on any atom is 0.253 e. The molecule has 4 nitrogen and oxygen atoms in total. The lowest BCUT2D eigenvalue weighted by Crippen LogP contribution is -2.57. The number of amides is 1. The van der Waals surface area contributed by atoms with E-state index in [9.17, 15) is 9.90 Å². The Morgan fingerprint density at radius 1 is 1.10 bits per heavy atom. The second kappa shape index (κ2) is 5.04. The van der Waals surface area contributed by atoms with Crippen molar-refractivity contribution in [1.82, 2.24) is 5.32 Å². The minimum Gasteiger partial charge on any atom is -0.398 e. The first-order chi connectivity index (χ1) is 9.62. The lowest BCUT2D eigenvalue weighted by molar-refractivity contribution is -0.00291. The molecule has 0 aliphatic heterocycles. The Morgan fingerprint density at radius 2 is 1.62 bits per heavy atom. The van der Waals surface area contributed by atoms with Crippen LogP contribution in [0.1, 0.15) is 38.1 Å². The number of nitrogen functional groups attached to an aromatic ring is 1. The van der Waals surface area contributed by atoms with Gasteiger partial charge in [0.15, 0.2) is 0 Å². The van der Waals surface area contributed by atoms with Gasteiger partial charge >= 0.3 is 0 Å². The zero-order valence-corrected chi connectivity index (χ0v) is 12.9. The molecule has 0 saturated heterocycles. The smallest absolute Gasteiger partial charge is 0.253 e. The van der Waals surface area contributed by atoms with Crippen molar-refractivity contribution in [3.8, 4) is 0 Å². The number of carbonyl (C=O) groups excluding carboxylic acids is 1. The van der Waals surface area contributed by atoms with Crippen molar-refractivity contribution in [3.05, 3.63) is 42.0 Å². The van der Waals surface area contributed by atoms with E-state index in [-0.39, 0.29) is 5.91 Å². The molecule has 0 aliphatic rings. The van der Waals surface area contributed by atoms with Crippen LogP contribution in [0.25, 0.3) is 10.8 Å². The van der Waals surface area contributed by atoms with Gasteiger partial charge < -0.3 is 16.2 Å². The number of fused-ring (bicyclic) bond motifs is 1. The lowest BCUT2D eigenvalue weighted by Gasteiger charge is -2.38. The van der Waals surface area contributed by atoms with Gasteiger partial charge in [0.25, 0.3) is 5.91 Å². The first-order valence-corrected chi connectivity index (χ1v) is 6.95. The van der Waals surface area contributed by atoms with Crippen molar-refractivity contribution in [2.75, 3.05) is 5.73 Å². The van der Waals surface area contributed by atoms with Crippen molar-refractivity contribution in [2.45, 2.75) is 38.8 Å². The standard InChI is InChI=1S/C17H22N2O2/c1-16(2,17(3,4)21)19-15(20)13-9-11-7-5-6-8-12(11)10-14(13)18/h5-10,21H,18H2,1-4H3,(H,19,20). The Labute approximate surface area is 125 Å². The van der Waals surface area contributed by atoms with Crippen molar-refractivity contribution in [2.24, 2.45) is 0 Å². The normalized spacial score (nSPS) is 12.4. The minimum atomic E-state index is -1.05. The summed E-state index contributed by atoms with van der Waals surface area (Å²) in [5, 5.41) is 14.9. The Bertz CT molecular complexity index is 685.